The summed E-state index contributed by atoms with van der Waals surface area (Å²) in [5, 5.41) is 4.41. The van der Waals surface area contributed by atoms with E-state index in [0.717, 1.165) is 17.9 Å². The summed E-state index contributed by atoms with van der Waals surface area (Å²) in [6.07, 6.45) is 4.94. The van der Waals surface area contributed by atoms with Crippen molar-refractivity contribution < 1.29 is 4.79 Å². The Morgan fingerprint density at radius 2 is 2.21 bits per heavy atom. The van der Waals surface area contributed by atoms with E-state index in [2.05, 4.69) is 23.9 Å². The molecule has 0 bridgehead atoms. The molecule has 1 aliphatic heterocycles. The van der Waals surface area contributed by atoms with Crippen LogP contribution in [-0.4, -0.2) is 44.7 Å². The maximum atomic E-state index is 13.0. The minimum absolute atomic E-state index is 0.0361. The molecule has 0 radical (unpaired) electrons. The molecule has 6 nitrogen and oxygen atoms in total. The molecule has 2 aromatic heterocycles. The predicted molar refractivity (Wildman–Crippen MR) is 93.0 cm³/mol. The van der Waals surface area contributed by atoms with E-state index in [1.165, 1.54) is 0 Å². The van der Waals surface area contributed by atoms with E-state index in [-0.39, 0.29) is 17.4 Å². The molecular formula is C18H25N5O. The minimum atomic E-state index is -0.0722. The van der Waals surface area contributed by atoms with Crippen LogP contribution in [0.15, 0.2) is 30.6 Å². The smallest absolute Gasteiger partial charge is 0.257 e. The Hall–Kier alpha value is -2.21. The van der Waals surface area contributed by atoms with Crippen molar-refractivity contribution in [2.24, 2.45) is 11.1 Å². The Bertz CT molecular complexity index is 722. The second-order valence-electron chi connectivity index (χ2n) is 7.07. The van der Waals surface area contributed by atoms with Crippen molar-refractivity contribution in [2.45, 2.75) is 39.7 Å². The molecule has 2 aromatic rings. The van der Waals surface area contributed by atoms with Crippen LogP contribution >= 0.6 is 0 Å². The van der Waals surface area contributed by atoms with Gasteiger partial charge in [-0.2, -0.15) is 5.10 Å². The van der Waals surface area contributed by atoms with Crippen molar-refractivity contribution in [3.8, 4) is 5.82 Å². The van der Waals surface area contributed by atoms with Gasteiger partial charge in [0.2, 0.25) is 0 Å². The highest BCUT2D eigenvalue weighted by Gasteiger charge is 2.36. The van der Waals surface area contributed by atoms with Crippen molar-refractivity contribution in [1.82, 2.24) is 19.7 Å². The fourth-order valence-corrected chi connectivity index (χ4v) is 3.29. The van der Waals surface area contributed by atoms with Crippen LogP contribution in [0, 0.1) is 5.41 Å². The quantitative estimate of drug-likeness (QED) is 0.936. The van der Waals surface area contributed by atoms with Gasteiger partial charge in [-0.15, -0.1) is 0 Å². The van der Waals surface area contributed by atoms with Gasteiger partial charge in [0.15, 0.2) is 5.82 Å². The third kappa shape index (κ3) is 2.94. The van der Waals surface area contributed by atoms with Crippen LogP contribution in [0.3, 0.4) is 0 Å². The number of piperidine rings is 1. The number of hydrogen-bond acceptors (Lipinski definition) is 4. The number of hydrogen-bond donors (Lipinski definition) is 1. The lowest BCUT2D eigenvalue weighted by Gasteiger charge is -2.42. The standard InChI is InChI=1S/C18H25N5O/c1-4-14-13(11-21-23(14)16-7-5-6-9-20-16)17(24)22-10-8-15(19)18(2,3)12-22/h5-7,9,11,15H,4,8,10,12,19H2,1-3H3. The highest BCUT2D eigenvalue weighted by atomic mass is 16.2. The molecule has 0 aliphatic carbocycles. The topological polar surface area (TPSA) is 77.0 Å². The first-order valence-electron chi connectivity index (χ1n) is 8.47. The fourth-order valence-electron chi connectivity index (χ4n) is 3.29. The molecule has 3 rings (SSSR count). The molecule has 1 unspecified atom stereocenters. The molecule has 128 valence electrons. The summed E-state index contributed by atoms with van der Waals surface area (Å²) in [4.78, 5) is 19.3. The molecular weight excluding hydrogens is 302 g/mol. The summed E-state index contributed by atoms with van der Waals surface area (Å²) in [7, 11) is 0. The summed E-state index contributed by atoms with van der Waals surface area (Å²) in [6.45, 7) is 7.64. The van der Waals surface area contributed by atoms with Crippen LogP contribution in [0.1, 0.15) is 43.2 Å². The van der Waals surface area contributed by atoms with E-state index >= 15 is 0 Å². The van der Waals surface area contributed by atoms with Crippen LogP contribution in [0.5, 0.6) is 0 Å². The number of carbonyl (C=O) groups excluding carboxylic acids is 1. The lowest BCUT2D eigenvalue weighted by Crippen LogP contribution is -2.54. The van der Waals surface area contributed by atoms with Crippen molar-refractivity contribution in [3.63, 3.8) is 0 Å². The van der Waals surface area contributed by atoms with E-state index in [4.69, 9.17) is 5.73 Å². The monoisotopic (exact) mass is 327 g/mol. The van der Waals surface area contributed by atoms with Gasteiger partial charge in [0.1, 0.15) is 0 Å². The third-order valence-corrected chi connectivity index (χ3v) is 4.90. The predicted octanol–water partition coefficient (Wildman–Crippen LogP) is 2.03. The molecule has 1 saturated heterocycles. The van der Waals surface area contributed by atoms with E-state index in [1.807, 2.05) is 30.0 Å². The van der Waals surface area contributed by atoms with Crippen molar-refractivity contribution in [1.29, 1.82) is 0 Å². The first kappa shape index (κ1) is 16.6. The number of carbonyl (C=O) groups is 1. The largest absolute Gasteiger partial charge is 0.338 e. The van der Waals surface area contributed by atoms with Gasteiger partial charge in [-0.25, -0.2) is 9.67 Å². The van der Waals surface area contributed by atoms with Crippen LogP contribution in [-0.2, 0) is 6.42 Å². The van der Waals surface area contributed by atoms with Gasteiger partial charge in [0.05, 0.1) is 17.5 Å². The number of rotatable bonds is 3. The summed E-state index contributed by atoms with van der Waals surface area (Å²) in [5.74, 6) is 0.767. The summed E-state index contributed by atoms with van der Waals surface area (Å²) >= 11 is 0. The average Bonchev–Trinajstić information content (AvgIpc) is 3.01. The van der Waals surface area contributed by atoms with Gasteiger partial charge in [-0.1, -0.05) is 26.8 Å². The van der Waals surface area contributed by atoms with Crippen molar-refractivity contribution in [3.05, 3.63) is 41.9 Å². The summed E-state index contributed by atoms with van der Waals surface area (Å²) < 4.78 is 1.76. The Kier molecular flexibility index (Phi) is 4.41. The molecule has 6 heteroatoms. The number of likely N-dealkylation sites (tertiary alicyclic amines) is 1. The highest BCUT2D eigenvalue weighted by Crippen LogP contribution is 2.29. The van der Waals surface area contributed by atoms with Gasteiger partial charge in [0, 0.05) is 25.3 Å². The maximum Gasteiger partial charge on any atom is 0.257 e. The van der Waals surface area contributed by atoms with E-state index in [1.54, 1.807) is 17.1 Å². The molecule has 1 aliphatic rings. The fraction of sp³-hybridized carbons (Fsp3) is 0.500. The average molecular weight is 327 g/mol. The third-order valence-electron chi connectivity index (χ3n) is 4.90. The molecule has 1 fully saturated rings. The van der Waals surface area contributed by atoms with Crippen molar-refractivity contribution in [2.75, 3.05) is 13.1 Å². The second kappa shape index (κ2) is 6.36. The Morgan fingerprint density at radius 3 is 2.83 bits per heavy atom. The van der Waals surface area contributed by atoms with Gasteiger partial charge in [-0.05, 0) is 30.4 Å². The van der Waals surface area contributed by atoms with E-state index in [9.17, 15) is 4.79 Å². The first-order valence-corrected chi connectivity index (χ1v) is 8.47. The molecule has 1 atom stereocenters. The van der Waals surface area contributed by atoms with Crippen LogP contribution in [0.25, 0.3) is 5.82 Å². The second-order valence-corrected chi connectivity index (χ2v) is 7.07. The zero-order valence-electron chi connectivity index (χ0n) is 14.6. The maximum absolute atomic E-state index is 13.0. The number of nitrogens with zero attached hydrogens (tertiary/aromatic N) is 4. The number of pyridine rings is 1. The van der Waals surface area contributed by atoms with E-state index < -0.39 is 0 Å². The molecule has 0 saturated carbocycles. The Labute approximate surface area is 142 Å². The van der Waals surface area contributed by atoms with Crippen LogP contribution in [0.4, 0.5) is 0 Å². The van der Waals surface area contributed by atoms with Crippen molar-refractivity contribution >= 4 is 5.91 Å². The molecule has 3 heterocycles. The molecule has 24 heavy (non-hydrogen) atoms. The number of aromatic nitrogens is 3. The van der Waals surface area contributed by atoms with Gasteiger partial charge >= 0.3 is 0 Å². The summed E-state index contributed by atoms with van der Waals surface area (Å²) in [5.41, 5.74) is 7.67. The SMILES string of the molecule is CCc1c(C(=O)N2CCC(N)C(C)(C)C2)cnn1-c1ccccn1. The normalized spacial score (nSPS) is 20.2. The molecule has 0 spiro atoms. The molecule has 1 amide bonds. The zero-order chi connectivity index (χ0) is 17.3. The minimum Gasteiger partial charge on any atom is -0.338 e. The lowest BCUT2D eigenvalue weighted by molar-refractivity contribution is 0.0532. The van der Waals surface area contributed by atoms with Crippen LogP contribution in [0.2, 0.25) is 0 Å². The lowest BCUT2D eigenvalue weighted by atomic mass is 9.79. The van der Waals surface area contributed by atoms with Gasteiger partial charge in [0.25, 0.3) is 5.91 Å². The highest BCUT2D eigenvalue weighted by molar-refractivity contribution is 5.95. The zero-order valence-corrected chi connectivity index (χ0v) is 14.6. The molecule has 2 N–H and O–H groups in total. The molecule has 0 aromatic carbocycles. The number of nitrogens with two attached hydrogens (primary N) is 1. The Morgan fingerprint density at radius 1 is 1.42 bits per heavy atom. The summed E-state index contributed by atoms with van der Waals surface area (Å²) in [6, 6.07) is 5.80. The van der Waals surface area contributed by atoms with Gasteiger partial charge in [-0.3, -0.25) is 4.79 Å². The Balaban J connectivity index is 1.90. The van der Waals surface area contributed by atoms with Gasteiger partial charge < -0.3 is 10.6 Å². The number of amides is 1. The van der Waals surface area contributed by atoms with Crippen LogP contribution < -0.4 is 5.73 Å². The first-order chi connectivity index (χ1) is 11.4. The van der Waals surface area contributed by atoms with E-state index in [0.29, 0.717) is 25.1 Å².